The van der Waals surface area contributed by atoms with Gasteiger partial charge in [0.25, 0.3) is 0 Å². The second-order valence-electron chi connectivity index (χ2n) is 3.73. The van der Waals surface area contributed by atoms with Gasteiger partial charge >= 0.3 is 11.9 Å². The van der Waals surface area contributed by atoms with Gasteiger partial charge in [0, 0.05) is 6.54 Å². The summed E-state index contributed by atoms with van der Waals surface area (Å²) >= 11 is 0. The summed E-state index contributed by atoms with van der Waals surface area (Å²) in [7, 11) is 0. The lowest BCUT2D eigenvalue weighted by Gasteiger charge is -2.16. The number of carbonyl (C=O) groups is 2. The maximum absolute atomic E-state index is 11.3. The number of cyclic esters (lactones) is 2. The van der Waals surface area contributed by atoms with Gasteiger partial charge in [-0.3, -0.25) is 0 Å². The van der Waals surface area contributed by atoms with E-state index in [0.29, 0.717) is 5.56 Å². The number of nitrogens with two attached hydrogens (primary N) is 1. The second-order valence-corrected chi connectivity index (χ2v) is 3.73. The zero-order valence-electron chi connectivity index (χ0n) is 8.79. The van der Waals surface area contributed by atoms with Gasteiger partial charge in [-0.2, -0.15) is 0 Å². The minimum absolute atomic E-state index is 0.0933. The zero-order chi connectivity index (χ0) is 12.6. The van der Waals surface area contributed by atoms with Crippen LogP contribution in [0.3, 0.4) is 0 Å². The Kier molecular flexibility index (Phi) is 2.93. The number of carbonyl (C=O) groups excluding carboxylic acids is 2. The van der Waals surface area contributed by atoms with E-state index in [2.05, 4.69) is 4.74 Å². The molecule has 0 aromatic heterocycles. The van der Waals surface area contributed by atoms with Gasteiger partial charge in [-0.05, 0) is 17.7 Å². The van der Waals surface area contributed by atoms with Gasteiger partial charge < -0.3 is 20.7 Å². The summed E-state index contributed by atoms with van der Waals surface area (Å²) in [5.74, 6) is -1.45. The van der Waals surface area contributed by atoms with Crippen LogP contribution in [-0.4, -0.2) is 34.8 Å². The highest BCUT2D eigenvalue weighted by atomic mass is 16.6. The van der Waals surface area contributed by atoms with Crippen molar-refractivity contribution >= 4 is 11.9 Å². The molecule has 6 heteroatoms. The monoisotopic (exact) mass is 237 g/mol. The summed E-state index contributed by atoms with van der Waals surface area (Å²) in [6.07, 6.45) is -2.32. The Balaban J connectivity index is 2.38. The third-order valence-electron chi connectivity index (χ3n) is 2.62. The van der Waals surface area contributed by atoms with E-state index in [4.69, 9.17) is 5.73 Å². The third-order valence-corrected chi connectivity index (χ3v) is 2.62. The van der Waals surface area contributed by atoms with Gasteiger partial charge in [0.15, 0.2) is 0 Å². The lowest BCUT2D eigenvalue weighted by molar-refractivity contribution is 0.0243. The van der Waals surface area contributed by atoms with Crippen LogP contribution in [0.15, 0.2) is 18.2 Å². The van der Waals surface area contributed by atoms with E-state index in [-0.39, 0.29) is 17.7 Å². The summed E-state index contributed by atoms with van der Waals surface area (Å²) in [6.45, 7) is -0.109. The first-order chi connectivity index (χ1) is 8.04. The van der Waals surface area contributed by atoms with E-state index in [1.165, 1.54) is 18.2 Å². The van der Waals surface area contributed by atoms with Gasteiger partial charge in [0.1, 0.15) is 6.10 Å². The Morgan fingerprint density at radius 1 is 1.18 bits per heavy atom. The summed E-state index contributed by atoms with van der Waals surface area (Å²) in [6, 6.07) is 4.15. The number of esters is 2. The minimum atomic E-state index is -1.20. The molecular weight excluding hydrogens is 226 g/mol. The molecule has 4 N–H and O–H groups in total. The summed E-state index contributed by atoms with van der Waals surface area (Å²) in [4.78, 5) is 22.5. The van der Waals surface area contributed by atoms with Crippen molar-refractivity contribution in [3.05, 3.63) is 34.9 Å². The normalized spacial score (nSPS) is 17.6. The molecule has 0 fully saturated rings. The van der Waals surface area contributed by atoms with Crippen molar-refractivity contribution in [1.29, 1.82) is 0 Å². The first kappa shape index (κ1) is 11.7. The summed E-state index contributed by atoms with van der Waals surface area (Å²) in [5.41, 5.74) is 5.78. The van der Waals surface area contributed by atoms with E-state index >= 15 is 0 Å². The van der Waals surface area contributed by atoms with Crippen LogP contribution in [0, 0.1) is 0 Å². The van der Waals surface area contributed by atoms with Crippen LogP contribution >= 0.6 is 0 Å². The molecule has 17 heavy (non-hydrogen) atoms. The van der Waals surface area contributed by atoms with Crippen molar-refractivity contribution in [2.75, 3.05) is 6.54 Å². The lowest BCUT2D eigenvalue weighted by atomic mass is 9.99. The molecule has 0 spiro atoms. The maximum atomic E-state index is 11.3. The van der Waals surface area contributed by atoms with Gasteiger partial charge in [-0.25, -0.2) is 9.59 Å². The fourth-order valence-corrected chi connectivity index (χ4v) is 1.64. The molecule has 1 aromatic carbocycles. The topological polar surface area (TPSA) is 110 Å². The smallest absolute Gasteiger partial charge is 0.346 e. The summed E-state index contributed by atoms with van der Waals surface area (Å²) < 4.78 is 4.41. The average molecular weight is 237 g/mol. The quantitative estimate of drug-likeness (QED) is 0.476. The number of rotatable bonds is 3. The van der Waals surface area contributed by atoms with Crippen molar-refractivity contribution < 1.29 is 24.5 Å². The molecule has 0 saturated heterocycles. The van der Waals surface area contributed by atoms with Crippen molar-refractivity contribution in [2.45, 2.75) is 12.2 Å². The van der Waals surface area contributed by atoms with Crippen molar-refractivity contribution in [3.63, 3.8) is 0 Å². The fraction of sp³-hybridized carbons (Fsp3) is 0.273. The third kappa shape index (κ3) is 1.93. The van der Waals surface area contributed by atoms with E-state index in [1.54, 1.807) is 0 Å². The fourth-order valence-electron chi connectivity index (χ4n) is 1.64. The first-order valence-electron chi connectivity index (χ1n) is 5.01. The summed E-state index contributed by atoms with van der Waals surface area (Å²) in [5, 5.41) is 19.1. The van der Waals surface area contributed by atoms with Crippen molar-refractivity contribution in [1.82, 2.24) is 0 Å². The van der Waals surface area contributed by atoms with E-state index in [1.807, 2.05) is 0 Å². The number of benzene rings is 1. The molecule has 0 amide bonds. The lowest BCUT2D eigenvalue weighted by Crippen LogP contribution is -2.27. The number of hydrogen-bond acceptors (Lipinski definition) is 6. The Hall–Kier alpha value is -1.76. The molecule has 0 aliphatic carbocycles. The van der Waals surface area contributed by atoms with Crippen LogP contribution in [0.25, 0.3) is 0 Å². The highest BCUT2D eigenvalue weighted by Crippen LogP contribution is 2.25. The second kappa shape index (κ2) is 4.25. The van der Waals surface area contributed by atoms with Gasteiger partial charge in [0.2, 0.25) is 0 Å². The molecule has 2 unspecified atom stereocenters. The van der Waals surface area contributed by atoms with Crippen LogP contribution in [0.4, 0.5) is 0 Å². The highest BCUT2D eigenvalue weighted by Gasteiger charge is 2.30. The SMILES string of the molecule is NCC(O)C(O)c1ccc2c(c1)C(=O)OC2=O. The standard InChI is InChI=1S/C11H11NO5/c12-4-8(13)9(14)5-1-2-6-7(3-5)11(16)17-10(6)15/h1-3,8-9,13-14H,4,12H2. The molecule has 90 valence electrons. The molecule has 1 aliphatic heterocycles. The number of aliphatic hydroxyl groups excluding tert-OH is 2. The largest absolute Gasteiger partial charge is 0.389 e. The van der Waals surface area contributed by atoms with Gasteiger partial charge in [0.05, 0.1) is 17.2 Å². The molecule has 0 saturated carbocycles. The van der Waals surface area contributed by atoms with Gasteiger partial charge in [-0.15, -0.1) is 0 Å². The number of fused-ring (bicyclic) bond motifs is 1. The molecule has 0 radical (unpaired) electrons. The Morgan fingerprint density at radius 3 is 2.47 bits per heavy atom. The molecule has 1 heterocycles. The molecule has 0 bridgehead atoms. The van der Waals surface area contributed by atoms with Crippen molar-refractivity contribution in [3.8, 4) is 0 Å². The van der Waals surface area contributed by atoms with E-state index in [0.717, 1.165) is 0 Å². The Bertz CT molecular complexity index is 485. The average Bonchev–Trinajstić information content (AvgIpc) is 2.62. The maximum Gasteiger partial charge on any atom is 0.346 e. The van der Waals surface area contributed by atoms with E-state index < -0.39 is 24.1 Å². The predicted octanol–water partition coefficient (Wildman–Crippen LogP) is -0.650. The van der Waals surface area contributed by atoms with Crippen LogP contribution in [-0.2, 0) is 4.74 Å². The first-order valence-corrected chi connectivity index (χ1v) is 5.01. The Morgan fingerprint density at radius 2 is 1.82 bits per heavy atom. The minimum Gasteiger partial charge on any atom is -0.389 e. The molecule has 2 atom stereocenters. The zero-order valence-corrected chi connectivity index (χ0v) is 8.79. The molecule has 1 aromatic rings. The van der Waals surface area contributed by atoms with Crippen LogP contribution < -0.4 is 5.73 Å². The van der Waals surface area contributed by atoms with Gasteiger partial charge in [-0.1, -0.05) is 6.07 Å². The molecule has 1 aliphatic rings. The predicted molar refractivity (Wildman–Crippen MR) is 56.2 cm³/mol. The number of hydrogen-bond donors (Lipinski definition) is 3. The van der Waals surface area contributed by atoms with Crippen molar-refractivity contribution in [2.24, 2.45) is 5.73 Å². The number of ether oxygens (including phenoxy) is 1. The highest BCUT2D eigenvalue weighted by molar-refractivity contribution is 6.14. The van der Waals surface area contributed by atoms with Crippen LogP contribution in [0.5, 0.6) is 0 Å². The van der Waals surface area contributed by atoms with Crippen LogP contribution in [0.2, 0.25) is 0 Å². The Labute approximate surface area is 96.6 Å². The molecular formula is C11H11NO5. The molecule has 2 rings (SSSR count). The van der Waals surface area contributed by atoms with E-state index in [9.17, 15) is 19.8 Å². The van der Waals surface area contributed by atoms with Crippen LogP contribution in [0.1, 0.15) is 32.4 Å². The number of aliphatic hydroxyl groups is 2. The molecule has 6 nitrogen and oxygen atoms in total.